The molecule has 0 saturated heterocycles. The van der Waals surface area contributed by atoms with Gasteiger partial charge in [-0.1, -0.05) is 528 Å². The van der Waals surface area contributed by atoms with E-state index in [0.29, 0.717) is 0 Å². The van der Waals surface area contributed by atoms with Crippen LogP contribution in [0.2, 0.25) is 0 Å². The van der Waals surface area contributed by atoms with Crippen LogP contribution in [0.4, 0.5) is 0 Å². The summed E-state index contributed by atoms with van der Waals surface area (Å²) in [7, 11) is 0. The normalized spacial score (nSPS) is 37.8. The van der Waals surface area contributed by atoms with Crippen molar-refractivity contribution in [1.29, 1.82) is 0 Å². The van der Waals surface area contributed by atoms with Crippen molar-refractivity contribution < 1.29 is 98.1 Å². The molecule has 3 radical (unpaired) electrons. The molecule has 23 rings (SSSR count). The van der Waals surface area contributed by atoms with Crippen molar-refractivity contribution in [2.45, 2.75) is 426 Å². The molecule has 3 heteroatoms. The summed E-state index contributed by atoms with van der Waals surface area (Å²) in [5.41, 5.74) is 14.4. The second kappa shape index (κ2) is 53.7. The average Bonchev–Trinajstić information content (AvgIpc) is 1.50. The van der Waals surface area contributed by atoms with Crippen LogP contribution in [0.5, 0.6) is 0 Å². The smallest absolute Gasteiger partial charge is 0 e. The Labute approximate surface area is 799 Å². The van der Waals surface area contributed by atoms with Gasteiger partial charge >= 0.3 is 0 Å². The van der Waals surface area contributed by atoms with Crippen molar-refractivity contribution in [3.8, 4) is 0 Å². The van der Waals surface area contributed by atoms with Crippen molar-refractivity contribution in [3.63, 3.8) is 0 Å². The summed E-state index contributed by atoms with van der Waals surface area (Å²) in [5.74, 6) is 34.6. The zero-order valence-electron chi connectivity index (χ0n) is 81.1. The minimum absolute atomic E-state index is 0. The summed E-state index contributed by atoms with van der Waals surface area (Å²) >= 11 is 0. The van der Waals surface area contributed by atoms with Gasteiger partial charge < -0.3 is 17.8 Å². The van der Waals surface area contributed by atoms with Gasteiger partial charge in [-0.05, 0) is 111 Å². The number of hydrogen-bond donors (Lipinski definition) is 0. The zero-order chi connectivity index (χ0) is 82.3. The minimum atomic E-state index is 0. The molecule has 649 valence electrons. The Morgan fingerprint density at radius 2 is 0.397 bits per heavy atom. The molecule has 28 atom stereocenters. The van der Waals surface area contributed by atoms with E-state index in [2.05, 4.69) is 115 Å². The van der Waals surface area contributed by atoms with E-state index in [4.69, 9.17) is 0 Å². The molecule has 116 heavy (non-hydrogen) atoms. The Balaban J connectivity index is 0.000000270. The van der Waals surface area contributed by atoms with Crippen LogP contribution in [-0.4, -0.2) is 0 Å². The van der Waals surface area contributed by atoms with Gasteiger partial charge in [0, 0.05) is 98.1 Å². The first-order chi connectivity index (χ1) is 56.2. The summed E-state index contributed by atoms with van der Waals surface area (Å²) in [5, 5.41) is 0. The van der Waals surface area contributed by atoms with E-state index < -0.39 is 0 Å². The monoisotopic (exact) mass is 1810 g/mol. The number of rotatable bonds is 0. The molecule has 15 fully saturated rings. The minimum Gasteiger partial charge on any atom is -0.303 e. The van der Waals surface area contributed by atoms with E-state index in [9.17, 15) is 0 Å². The van der Waals surface area contributed by atoms with E-state index in [0.717, 1.165) is 172 Å². The molecule has 0 aliphatic heterocycles. The molecule has 15 saturated carbocycles. The first kappa shape index (κ1) is 107. The second-order valence-electron chi connectivity index (χ2n) is 35.3. The van der Waals surface area contributed by atoms with Crippen molar-refractivity contribution in [3.05, 3.63) is 159 Å². The van der Waals surface area contributed by atoms with Gasteiger partial charge in [0.2, 0.25) is 0 Å². The van der Waals surface area contributed by atoms with Gasteiger partial charge in [-0.2, -0.15) is 53.3 Å². The van der Waals surface area contributed by atoms with Gasteiger partial charge in [0.25, 0.3) is 0 Å². The van der Waals surface area contributed by atoms with Gasteiger partial charge in [0.15, 0.2) is 0 Å². The summed E-state index contributed by atoms with van der Waals surface area (Å²) in [6, 6.07) is 39.2. The van der Waals surface area contributed by atoms with Crippen molar-refractivity contribution in [2.75, 3.05) is 0 Å². The molecule has 0 amide bonds. The van der Waals surface area contributed by atoms with E-state index >= 15 is 0 Å². The summed E-state index contributed by atoms with van der Waals surface area (Å²) in [4.78, 5) is 0. The third-order valence-electron chi connectivity index (χ3n) is 33.3. The van der Waals surface area contributed by atoms with E-state index in [1.165, 1.54) is 148 Å². The molecule has 4 aromatic rings. The molecular weight excluding hydrogens is 1620 g/mol. The maximum Gasteiger partial charge on any atom is 0 e. The third-order valence-corrected chi connectivity index (χ3v) is 33.3. The predicted molar refractivity (Wildman–Crippen MR) is 501 cm³/mol. The van der Waals surface area contributed by atoms with Gasteiger partial charge in [0.1, 0.15) is 0 Å². The van der Waals surface area contributed by atoms with E-state index in [1.807, 2.05) is 191 Å². The number of benzene rings is 4. The standard InChI is InChI=1S/C33H37.2C27H35.13C2H6.3Y/c1-3-11-20-18(9-1)26-17-27-19-10-2-4-12-21(19)29-23-14-6-8-16-25(23)30-24-15-7-5-13-22(24)28(20)31(26)33(30)32(27)29;2*1-2-8-18-16(7-1)15-17-13-14-23-19-9-3-4-10-20(19)26-22-12-6-5-11-21(22)25(18)24(17)27(23)26;13*1-2;;;/h1-4,9-12,22-29,31-33H,5-8,13-17H2;2*3-4,9-10,16-18,21-24,26-27H,1-2,5-8,11-15H2;13*1-2H3;;;/q3*-1;;;;;;;;;;;;;;;;. The first-order valence-corrected chi connectivity index (χ1v) is 52.2. The molecule has 0 spiro atoms. The Bertz CT molecular complexity index is 3060. The fourth-order valence-electron chi connectivity index (χ4n) is 31.7. The van der Waals surface area contributed by atoms with Crippen LogP contribution < -0.4 is 0 Å². The number of fused-ring (bicyclic) bond motifs is 28. The summed E-state index contributed by atoms with van der Waals surface area (Å²) in [6.07, 6.45) is 47.3. The average molecular weight is 1810 g/mol. The van der Waals surface area contributed by atoms with Gasteiger partial charge in [0.05, 0.1) is 0 Å². The van der Waals surface area contributed by atoms with Crippen LogP contribution in [0, 0.1) is 142 Å². The van der Waals surface area contributed by atoms with Crippen molar-refractivity contribution in [1.82, 2.24) is 0 Å². The second-order valence-corrected chi connectivity index (χ2v) is 35.3. The molecule has 0 heterocycles. The molecule has 4 aromatic carbocycles. The van der Waals surface area contributed by atoms with Crippen LogP contribution in [0.25, 0.3) is 0 Å². The summed E-state index contributed by atoms with van der Waals surface area (Å²) < 4.78 is 0. The first-order valence-electron chi connectivity index (χ1n) is 52.2. The van der Waals surface area contributed by atoms with Crippen LogP contribution in [-0.2, 0) is 98.1 Å². The molecular formula is C113H185Y3-3. The van der Waals surface area contributed by atoms with Gasteiger partial charge in [-0.25, -0.2) is 0 Å². The fraction of sp³-hybridized carbons (Fsp3) is 0.761. The molecule has 19 aliphatic rings. The topological polar surface area (TPSA) is 0 Å². The Morgan fingerprint density at radius 1 is 0.190 bits per heavy atom. The predicted octanol–water partition coefficient (Wildman–Crippen LogP) is 35.8. The quantitative estimate of drug-likeness (QED) is 0.154. The zero-order valence-corrected chi connectivity index (χ0v) is 89.6. The van der Waals surface area contributed by atoms with Crippen molar-refractivity contribution in [2.24, 2.45) is 124 Å². The molecule has 0 nitrogen and oxygen atoms in total. The van der Waals surface area contributed by atoms with Crippen LogP contribution in [0.15, 0.2) is 97.1 Å². The maximum atomic E-state index is 2.57. The van der Waals surface area contributed by atoms with Crippen LogP contribution in [0.1, 0.15) is 471 Å². The molecule has 19 aliphatic carbocycles. The largest absolute Gasteiger partial charge is 0.303 e. The van der Waals surface area contributed by atoms with Crippen LogP contribution >= 0.6 is 0 Å². The Kier molecular flexibility index (Phi) is 49.4. The molecule has 28 unspecified atom stereocenters. The van der Waals surface area contributed by atoms with E-state index in [1.54, 1.807) is 84.7 Å². The molecule has 0 N–H and O–H groups in total. The SMILES string of the molecule is CC.CC.CC.CC.CC.CC.CC.CC.CC.CC.CC.CC.CC.[Y].[Y].[Y].c1ccc2c(c1)C1CC3c4ccccc4C4C5CCCCC5[C-]5C6CCCCC6C2C1C5C34.c1ccc2c(c1)C1CCC3CC4CCCCC4[C-]4C5CCCCC5C2C1C43.c1ccc2c(c1)C1CCC3CC4CCCCC4[C-]4C5CCCCC5C2C1C43. The summed E-state index contributed by atoms with van der Waals surface area (Å²) in [6.45, 7) is 52.0. The Morgan fingerprint density at radius 3 is 0.664 bits per heavy atom. The maximum absolute atomic E-state index is 2.57. The third kappa shape index (κ3) is 19.7. The fourth-order valence-corrected chi connectivity index (χ4v) is 31.7. The van der Waals surface area contributed by atoms with Crippen LogP contribution in [0.3, 0.4) is 0 Å². The van der Waals surface area contributed by atoms with Crippen molar-refractivity contribution >= 4 is 0 Å². The number of hydrogen-bond acceptors (Lipinski definition) is 0. The Hall–Kier alpha value is 0.192. The van der Waals surface area contributed by atoms with E-state index in [-0.39, 0.29) is 98.1 Å². The molecule has 0 bridgehead atoms. The molecule has 0 aromatic heterocycles. The van der Waals surface area contributed by atoms with Gasteiger partial charge in [-0.3, -0.25) is 0 Å². The van der Waals surface area contributed by atoms with Gasteiger partial charge in [-0.15, -0.1) is 0 Å².